The maximum Gasteiger partial charge on any atom is 0.0632 e. The highest BCUT2D eigenvalue weighted by Gasteiger charge is 2.38. The van der Waals surface area contributed by atoms with E-state index < -0.39 is 0 Å². The Labute approximate surface area is 404 Å². The Morgan fingerprint density at radius 1 is 0.449 bits per heavy atom. The third-order valence-corrected chi connectivity index (χ3v) is 15.0. The molecule has 0 aliphatic heterocycles. The minimum atomic E-state index is -0.126. The van der Waals surface area contributed by atoms with Gasteiger partial charge in [-0.2, -0.15) is 0 Å². The van der Waals surface area contributed by atoms with E-state index in [0.717, 1.165) is 17.8 Å². The minimum Gasteiger partial charge on any atom is -0.332 e. The normalized spacial score (nSPS) is 14.8. The van der Waals surface area contributed by atoms with Crippen molar-refractivity contribution in [1.29, 1.82) is 0 Å². The zero-order chi connectivity index (χ0) is 46.1. The summed E-state index contributed by atoms with van der Waals surface area (Å²) in [5, 5.41) is 5.00. The van der Waals surface area contributed by atoms with E-state index in [0.29, 0.717) is 0 Å². The Bertz CT molecular complexity index is 3840. The molecule has 2 nitrogen and oxygen atoms in total. The maximum absolute atomic E-state index is 2.69. The number of benzene rings is 10. The van der Waals surface area contributed by atoms with Crippen LogP contribution >= 0.6 is 0 Å². The van der Waals surface area contributed by atoms with Crippen molar-refractivity contribution in [3.63, 3.8) is 0 Å². The summed E-state index contributed by atoms with van der Waals surface area (Å²) in [6.45, 7) is 4.76. The summed E-state index contributed by atoms with van der Waals surface area (Å²) in [7, 11) is 0. The number of para-hydroxylation sites is 4. The third kappa shape index (κ3) is 6.55. The van der Waals surface area contributed by atoms with Crippen LogP contribution in [0.2, 0.25) is 0 Å². The molecule has 11 aromatic rings. The predicted octanol–water partition coefficient (Wildman–Crippen LogP) is 17.8. The molecule has 2 aliphatic carbocycles. The minimum absolute atomic E-state index is 0.0632. The summed E-state index contributed by atoms with van der Waals surface area (Å²) in [6, 6.07) is 85.4. The second-order valence-electron chi connectivity index (χ2n) is 19.1. The molecule has 13 rings (SSSR count). The van der Waals surface area contributed by atoms with Gasteiger partial charge in [-0.05, 0) is 109 Å². The summed E-state index contributed by atoms with van der Waals surface area (Å²) in [6.07, 6.45) is 7.83. The molecule has 1 atom stereocenters. The molecule has 69 heavy (non-hydrogen) atoms. The lowest BCUT2D eigenvalue weighted by Crippen LogP contribution is -2.33. The Morgan fingerprint density at radius 2 is 1.04 bits per heavy atom. The Morgan fingerprint density at radius 3 is 1.86 bits per heavy atom. The number of hydrogen-bond donors (Lipinski definition) is 0. The van der Waals surface area contributed by atoms with Gasteiger partial charge in [-0.3, -0.25) is 0 Å². The first kappa shape index (κ1) is 40.8. The quantitative estimate of drug-likeness (QED) is 0.148. The maximum atomic E-state index is 2.69. The first-order valence-electron chi connectivity index (χ1n) is 24.3. The highest BCUT2D eigenvalue weighted by Crippen LogP contribution is 2.54. The van der Waals surface area contributed by atoms with Gasteiger partial charge in [-0.15, -0.1) is 0 Å². The van der Waals surface area contributed by atoms with Crippen LogP contribution < -0.4 is 4.90 Å². The van der Waals surface area contributed by atoms with E-state index >= 15 is 0 Å². The Balaban J connectivity index is 1.07. The lowest BCUT2D eigenvalue weighted by molar-refractivity contribution is 0.660. The van der Waals surface area contributed by atoms with Crippen LogP contribution in [0.5, 0.6) is 0 Å². The van der Waals surface area contributed by atoms with Crippen molar-refractivity contribution in [2.24, 2.45) is 0 Å². The SMILES string of the molecule is CC1(C)c2ccccc2-c2c(-c3ccccc3N(c3ccccc3-c3ccc4c5ccccc5n(-c5ccccc5)c4c3)C3CC=CC=C3c3cccc4cccc(-c5ccccc5)c34)cccc21. The zero-order valence-corrected chi connectivity index (χ0v) is 38.9. The summed E-state index contributed by atoms with van der Waals surface area (Å²) in [5.41, 5.74) is 21.0. The van der Waals surface area contributed by atoms with Crippen LogP contribution in [-0.2, 0) is 5.41 Å². The largest absolute Gasteiger partial charge is 0.332 e. The summed E-state index contributed by atoms with van der Waals surface area (Å²) in [5.74, 6) is 0. The number of aromatic nitrogens is 1. The van der Waals surface area contributed by atoms with E-state index in [9.17, 15) is 0 Å². The van der Waals surface area contributed by atoms with Crippen LogP contribution in [0.15, 0.2) is 249 Å². The molecule has 1 unspecified atom stereocenters. The highest BCUT2D eigenvalue weighted by molar-refractivity contribution is 6.11. The van der Waals surface area contributed by atoms with Crippen LogP contribution in [0.4, 0.5) is 11.4 Å². The fourth-order valence-corrected chi connectivity index (χ4v) is 11.8. The molecule has 328 valence electrons. The smallest absolute Gasteiger partial charge is 0.0632 e. The van der Waals surface area contributed by atoms with Gasteiger partial charge in [0.05, 0.1) is 17.1 Å². The first-order chi connectivity index (χ1) is 34.0. The summed E-state index contributed by atoms with van der Waals surface area (Å²) >= 11 is 0. The van der Waals surface area contributed by atoms with Gasteiger partial charge in [0, 0.05) is 44.4 Å². The lowest BCUT2D eigenvalue weighted by Gasteiger charge is -2.39. The second-order valence-corrected chi connectivity index (χ2v) is 19.1. The van der Waals surface area contributed by atoms with Crippen LogP contribution in [-0.4, -0.2) is 10.6 Å². The summed E-state index contributed by atoms with van der Waals surface area (Å²) in [4.78, 5) is 2.69. The average molecular weight is 883 g/mol. The second kappa shape index (κ2) is 16.4. The van der Waals surface area contributed by atoms with E-state index in [-0.39, 0.29) is 11.5 Å². The molecular weight excluding hydrogens is 833 g/mol. The standard InChI is InChI=1S/C67H50N2/c1-67(2)58-36-14-9-32-57(58)66-56(35-21-37-59(66)67)53-31-13-18-41-63(53)69(62-40-17-12-30-52(62)55-34-20-25-46-24-19-33-50(65(46)55)45-22-5-3-6-23-45)60-38-15-10-28-49(60)47-42-43-54-51-29-11-16-39-61(51)68(64(54)44-47)48-26-7-4-8-27-48/h3-39,41-44,62H,40H2,1-2H3. The van der Waals surface area contributed by atoms with Gasteiger partial charge in [0.2, 0.25) is 0 Å². The monoisotopic (exact) mass is 882 g/mol. The Kier molecular flexibility index (Phi) is 9.69. The molecule has 1 aromatic heterocycles. The van der Waals surface area contributed by atoms with Crippen molar-refractivity contribution in [2.75, 3.05) is 4.90 Å². The van der Waals surface area contributed by atoms with Crippen LogP contribution in [0.25, 0.3) is 88.3 Å². The topological polar surface area (TPSA) is 8.17 Å². The molecule has 0 bridgehead atoms. The van der Waals surface area contributed by atoms with Crippen molar-refractivity contribution in [1.82, 2.24) is 4.57 Å². The molecule has 0 saturated heterocycles. The van der Waals surface area contributed by atoms with E-state index in [1.807, 2.05) is 0 Å². The van der Waals surface area contributed by atoms with Gasteiger partial charge in [0.15, 0.2) is 0 Å². The third-order valence-electron chi connectivity index (χ3n) is 15.0. The number of anilines is 2. The van der Waals surface area contributed by atoms with E-state index in [1.54, 1.807) is 0 Å². The molecule has 10 aromatic carbocycles. The number of nitrogens with zero attached hydrogens (tertiary/aromatic N) is 2. The van der Waals surface area contributed by atoms with E-state index in [4.69, 9.17) is 0 Å². The number of rotatable bonds is 8. The molecule has 0 N–H and O–H groups in total. The average Bonchev–Trinajstić information content (AvgIpc) is 3.87. The molecule has 1 heterocycles. The van der Waals surface area contributed by atoms with Crippen molar-refractivity contribution < 1.29 is 0 Å². The number of fused-ring (bicyclic) bond motifs is 7. The fraction of sp³-hybridized carbons (Fsp3) is 0.0746. The lowest BCUT2D eigenvalue weighted by atomic mass is 9.81. The molecule has 0 amide bonds. The molecular formula is C67H50N2. The van der Waals surface area contributed by atoms with E-state index in [1.165, 1.54) is 105 Å². The zero-order valence-electron chi connectivity index (χ0n) is 38.9. The molecule has 0 fully saturated rings. The first-order valence-corrected chi connectivity index (χ1v) is 24.3. The summed E-state index contributed by atoms with van der Waals surface area (Å²) < 4.78 is 2.43. The van der Waals surface area contributed by atoms with Crippen molar-refractivity contribution >= 4 is 49.5 Å². The van der Waals surface area contributed by atoms with Crippen molar-refractivity contribution in [3.05, 3.63) is 265 Å². The van der Waals surface area contributed by atoms with Crippen molar-refractivity contribution in [2.45, 2.75) is 31.7 Å². The molecule has 0 spiro atoms. The highest BCUT2D eigenvalue weighted by atomic mass is 15.2. The van der Waals surface area contributed by atoms with Crippen molar-refractivity contribution in [3.8, 4) is 50.2 Å². The van der Waals surface area contributed by atoms with Gasteiger partial charge in [-0.1, -0.05) is 226 Å². The number of hydrogen-bond acceptors (Lipinski definition) is 1. The van der Waals surface area contributed by atoms with Gasteiger partial charge >= 0.3 is 0 Å². The van der Waals surface area contributed by atoms with Crippen LogP contribution in [0, 0.1) is 0 Å². The molecule has 0 saturated carbocycles. The van der Waals surface area contributed by atoms with Crippen LogP contribution in [0.1, 0.15) is 37.0 Å². The Hall–Kier alpha value is -8.46. The van der Waals surface area contributed by atoms with Crippen LogP contribution in [0.3, 0.4) is 0 Å². The fourth-order valence-electron chi connectivity index (χ4n) is 11.8. The number of allylic oxidation sites excluding steroid dienone is 2. The van der Waals surface area contributed by atoms with Gasteiger partial charge < -0.3 is 9.47 Å². The van der Waals surface area contributed by atoms with Gasteiger partial charge in [0.25, 0.3) is 0 Å². The van der Waals surface area contributed by atoms with Gasteiger partial charge in [-0.25, -0.2) is 0 Å². The van der Waals surface area contributed by atoms with E-state index in [2.05, 4.69) is 272 Å². The molecule has 2 aliphatic rings. The predicted molar refractivity (Wildman–Crippen MR) is 293 cm³/mol. The molecule has 2 heteroatoms. The van der Waals surface area contributed by atoms with Gasteiger partial charge in [0.1, 0.15) is 0 Å². The molecule has 0 radical (unpaired) electrons.